The zero-order valence-electron chi connectivity index (χ0n) is 19.9. The quantitative estimate of drug-likeness (QED) is 0.360. The number of halogens is 3. The molecule has 1 atom stereocenters. The van der Waals surface area contributed by atoms with Crippen LogP contribution in [-0.4, -0.2) is 50.0 Å². The molecule has 1 saturated heterocycles. The summed E-state index contributed by atoms with van der Waals surface area (Å²) >= 11 is 0. The second-order valence-electron chi connectivity index (χ2n) is 9.07. The molecule has 2 aromatic carbocycles. The third-order valence-corrected chi connectivity index (χ3v) is 6.17. The largest absolute Gasteiger partial charge is 0.573 e. The summed E-state index contributed by atoms with van der Waals surface area (Å²) in [6.45, 7) is 6.80. The highest BCUT2D eigenvalue weighted by Gasteiger charge is 2.32. The fourth-order valence-electron chi connectivity index (χ4n) is 4.57. The number of fused-ring (bicyclic) bond motifs is 1. The lowest BCUT2D eigenvalue weighted by Crippen LogP contribution is -2.28. The summed E-state index contributed by atoms with van der Waals surface area (Å²) in [6, 6.07) is 11.0. The van der Waals surface area contributed by atoms with Gasteiger partial charge in [0.05, 0.1) is 17.0 Å². The average molecular weight is 499 g/mol. The molecule has 1 aliphatic rings. The molecular weight excluding hydrogens is 475 g/mol. The van der Waals surface area contributed by atoms with Gasteiger partial charge in [0.2, 0.25) is 11.8 Å². The van der Waals surface area contributed by atoms with Crippen molar-refractivity contribution in [1.29, 1.82) is 0 Å². The maximum absolute atomic E-state index is 13.2. The van der Waals surface area contributed by atoms with Crippen LogP contribution in [0.2, 0.25) is 0 Å². The summed E-state index contributed by atoms with van der Waals surface area (Å²) in [5.41, 5.74) is 2.61. The van der Waals surface area contributed by atoms with Gasteiger partial charge in [-0.3, -0.25) is 4.79 Å². The number of carbonyl (C=O) groups is 1. The third-order valence-electron chi connectivity index (χ3n) is 6.17. The minimum Gasteiger partial charge on any atom is -0.425 e. The predicted molar refractivity (Wildman–Crippen MR) is 125 cm³/mol. The number of hydrogen-bond acceptors (Lipinski definition) is 6. The smallest absolute Gasteiger partial charge is 0.425 e. The molecule has 11 heteroatoms. The van der Waals surface area contributed by atoms with Gasteiger partial charge in [0.1, 0.15) is 11.6 Å². The summed E-state index contributed by atoms with van der Waals surface area (Å²) in [5.74, 6) is 1.24. The Hall–Kier alpha value is -3.89. The summed E-state index contributed by atoms with van der Waals surface area (Å²) in [7, 11) is 0. The SMILES string of the molecule is Cc1nnc(C2CCN(C(=O)c3ccc4c(c3)nc(-c3ccc(OC(F)(F)F)cc3)n4C(C)C)C2)o1. The molecule has 0 radical (unpaired) electrons. The molecule has 1 unspecified atom stereocenters. The van der Waals surface area contributed by atoms with Crippen molar-refractivity contribution < 1.29 is 27.1 Å². The number of aromatic nitrogens is 4. The summed E-state index contributed by atoms with van der Waals surface area (Å²) in [5, 5.41) is 7.96. The lowest BCUT2D eigenvalue weighted by molar-refractivity contribution is -0.274. The van der Waals surface area contributed by atoms with Gasteiger partial charge in [-0.25, -0.2) is 4.98 Å². The number of imidazole rings is 1. The molecule has 0 N–H and O–H groups in total. The molecule has 36 heavy (non-hydrogen) atoms. The summed E-state index contributed by atoms with van der Waals surface area (Å²) in [6.07, 6.45) is -4.01. The zero-order chi connectivity index (χ0) is 25.6. The number of likely N-dealkylation sites (tertiary alicyclic amines) is 1. The van der Waals surface area contributed by atoms with Crippen molar-refractivity contribution in [2.24, 2.45) is 0 Å². The summed E-state index contributed by atoms with van der Waals surface area (Å²) < 4.78 is 49.1. The van der Waals surface area contributed by atoms with E-state index >= 15 is 0 Å². The highest BCUT2D eigenvalue weighted by molar-refractivity contribution is 5.98. The Balaban J connectivity index is 1.42. The van der Waals surface area contributed by atoms with Crippen molar-refractivity contribution in [3.8, 4) is 17.1 Å². The molecular formula is C25H24F3N5O3. The van der Waals surface area contributed by atoms with Gasteiger partial charge in [0.25, 0.3) is 5.91 Å². The first-order valence-corrected chi connectivity index (χ1v) is 11.6. The van der Waals surface area contributed by atoms with Crippen LogP contribution in [0.5, 0.6) is 5.75 Å². The Labute approximate surface area is 204 Å². The molecule has 1 aliphatic heterocycles. The van der Waals surface area contributed by atoms with Crippen LogP contribution in [0.4, 0.5) is 13.2 Å². The van der Waals surface area contributed by atoms with E-state index in [4.69, 9.17) is 9.40 Å². The van der Waals surface area contributed by atoms with Crippen LogP contribution in [0.3, 0.4) is 0 Å². The Morgan fingerprint density at radius 3 is 2.53 bits per heavy atom. The summed E-state index contributed by atoms with van der Waals surface area (Å²) in [4.78, 5) is 19.7. The Morgan fingerprint density at radius 1 is 1.14 bits per heavy atom. The molecule has 1 fully saturated rings. The molecule has 3 heterocycles. The van der Waals surface area contributed by atoms with Crippen molar-refractivity contribution in [2.45, 2.75) is 45.5 Å². The highest BCUT2D eigenvalue weighted by Crippen LogP contribution is 2.32. The average Bonchev–Trinajstić information content (AvgIpc) is 3.55. The van der Waals surface area contributed by atoms with Crippen LogP contribution in [-0.2, 0) is 0 Å². The Kier molecular flexibility index (Phi) is 5.93. The first kappa shape index (κ1) is 23.8. The van der Waals surface area contributed by atoms with Crippen LogP contribution >= 0.6 is 0 Å². The van der Waals surface area contributed by atoms with Crippen LogP contribution in [0.25, 0.3) is 22.4 Å². The number of ether oxygens (including phenoxy) is 1. The fourth-order valence-corrected chi connectivity index (χ4v) is 4.57. The zero-order valence-corrected chi connectivity index (χ0v) is 19.9. The van der Waals surface area contributed by atoms with E-state index in [1.807, 2.05) is 24.5 Å². The van der Waals surface area contributed by atoms with Gasteiger partial charge in [-0.15, -0.1) is 23.4 Å². The van der Waals surface area contributed by atoms with E-state index in [0.717, 1.165) is 11.9 Å². The molecule has 2 aromatic heterocycles. The predicted octanol–water partition coefficient (Wildman–Crippen LogP) is 5.50. The van der Waals surface area contributed by atoms with Gasteiger partial charge in [-0.1, -0.05) is 0 Å². The van der Waals surface area contributed by atoms with Gasteiger partial charge in [0.15, 0.2) is 0 Å². The van der Waals surface area contributed by atoms with Crippen molar-refractivity contribution in [3.63, 3.8) is 0 Å². The minimum absolute atomic E-state index is 0.00919. The van der Waals surface area contributed by atoms with Crippen LogP contribution in [0.1, 0.15) is 54.4 Å². The molecule has 8 nitrogen and oxygen atoms in total. The lowest BCUT2D eigenvalue weighted by atomic mass is 10.1. The van der Waals surface area contributed by atoms with Crippen molar-refractivity contribution in [1.82, 2.24) is 24.6 Å². The normalized spacial score (nSPS) is 16.3. The third kappa shape index (κ3) is 4.65. The minimum atomic E-state index is -4.75. The van der Waals surface area contributed by atoms with E-state index in [2.05, 4.69) is 14.9 Å². The van der Waals surface area contributed by atoms with Crippen molar-refractivity contribution in [3.05, 3.63) is 59.8 Å². The second kappa shape index (κ2) is 8.96. The van der Waals surface area contributed by atoms with Gasteiger partial charge in [0, 0.05) is 37.2 Å². The number of benzene rings is 2. The van der Waals surface area contributed by atoms with Crippen molar-refractivity contribution in [2.75, 3.05) is 13.1 Å². The Bertz CT molecular complexity index is 1410. The van der Waals surface area contributed by atoms with Gasteiger partial charge >= 0.3 is 6.36 Å². The number of hydrogen-bond donors (Lipinski definition) is 0. The molecule has 0 bridgehead atoms. The molecule has 0 spiro atoms. The van der Waals surface area contributed by atoms with Crippen LogP contribution in [0, 0.1) is 6.92 Å². The molecule has 1 amide bonds. The Morgan fingerprint density at radius 2 is 1.89 bits per heavy atom. The fraction of sp³-hybridized carbons (Fsp3) is 0.360. The molecule has 0 saturated carbocycles. The first-order chi connectivity index (χ1) is 17.1. The molecule has 188 valence electrons. The highest BCUT2D eigenvalue weighted by atomic mass is 19.4. The maximum atomic E-state index is 13.2. The van der Waals surface area contributed by atoms with E-state index < -0.39 is 6.36 Å². The van der Waals surface area contributed by atoms with Crippen molar-refractivity contribution >= 4 is 16.9 Å². The van der Waals surface area contributed by atoms with Gasteiger partial charge < -0.3 is 18.6 Å². The number of nitrogens with zero attached hydrogens (tertiary/aromatic N) is 5. The lowest BCUT2D eigenvalue weighted by Gasteiger charge is -2.16. The topological polar surface area (TPSA) is 86.3 Å². The number of carbonyl (C=O) groups excluding carboxylic acids is 1. The van der Waals surface area contributed by atoms with E-state index in [-0.39, 0.29) is 23.6 Å². The van der Waals surface area contributed by atoms with E-state index in [1.54, 1.807) is 24.0 Å². The standard InChI is InChI=1S/C25H24F3N5O3/c1-14(2)33-21-9-6-17(24(34)32-11-10-18(13-32)23-31-30-15(3)35-23)12-20(21)29-22(33)16-4-7-19(8-5-16)36-25(26,27)28/h4-9,12,14,18H,10-11,13H2,1-3H3. The van der Waals surface area contributed by atoms with E-state index in [0.29, 0.717) is 47.3 Å². The monoisotopic (exact) mass is 499 g/mol. The molecule has 5 rings (SSSR count). The maximum Gasteiger partial charge on any atom is 0.573 e. The molecule has 0 aliphatic carbocycles. The van der Waals surface area contributed by atoms with Crippen LogP contribution in [0.15, 0.2) is 46.9 Å². The van der Waals surface area contributed by atoms with E-state index in [1.165, 1.54) is 24.3 Å². The number of aryl methyl sites for hydroxylation is 1. The first-order valence-electron chi connectivity index (χ1n) is 11.6. The molecule has 4 aromatic rings. The number of amides is 1. The number of rotatable bonds is 5. The number of alkyl halides is 3. The van der Waals surface area contributed by atoms with E-state index in [9.17, 15) is 18.0 Å². The van der Waals surface area contributed by atoms with Gasteiger partial charge in [-0.2, -0.15) is 0 Å². The van der Waals surface area contributed by atoms with Crippen LogP contribution < -0.4 is 4.74 Å². The van der Waals surface area contributed by atoms with Gasteiger partial charge in [-0.05, 0) is 62.7 Å². The second-order valence-corrected chi connectivity index (χ2v) is 9.07.